The molecule has 184 valence electrons. The molecule has 1 nitrogen and oxygen atoms in total. The van der Waals surface area contributed by atoms with Crippen molar-refractivity contribution in [3.63, 3.8) is 0 Å². The summed E-state index contributed by atoms with van der Waals surface area (Å²) in [6, 6.07) is 32.7. The van der Waals surface area contributed by atoms with Crippen LogP contribution in [0, 0.1) is 23.7 Å². The average molecular weight is 483 g/mol. The van der Waals surface area contributed by atoms with Crippen molar-refractivity contribution >= 4 is 0 Å². The summed E-state index contributed by atoms with van der Waals surface area (Å²) in [4.78, 5) is 0. The molecular formula is C36H34O. The molecule has 0 N–H and O–H groups in total. The molecule has 0 heterocycles. The zero-order chi connectivity index (χ0) is 26.5. The monoisotopic (exact) mass is 482 g/mol. The number of benzene rings is 4. The van der Waals surface area contributed by atoms with Crippen LogP contribution >= 0.6 is 0 Å². The number of hydrogen-bond acceptors (Lipinski definition) is 1. The first-order valence-electron chi connectivity index (χ1n) is 12.7. The molecule has 0 amide bonds. The lowest BCUT2D eigenvalue weighted by atomic mass is 9.87. The van der Waals surface area contributed by atoms with E-state index in [4.69, 9.17) is 4.74 Å². The maximum Gasteiger partial charge on any atom is 0.127 e. The van der Waals surface area contributed by atoms with Crippen molar-refractivity contribution in [2.75, 3.05) is 0 Å². The molecule has 0 saturated heterocycles. The van der Waals surface area contributed by atoms with Gasteiger partial charge < -0.3 is 4.74 Å². The van der Waals surface area contributed by atoms with Gasteiger partial charge in [-0.2, -0.15) is 0 Å². The van der Waals surface area contributed by atoms with E-state index in [1.807, 2.05) is 48.5 Å². The van der Waals surface area contributed by atoms with Crippen LogP contribution in [0.1, 0.15) is 74.9 Å². The van der Waals surface area contributed by atoms with Crippen molar-refractivity contribution < 1.29 is 4.74 Å². The van der Waals surface area contributed by atoms with Crippen LogP contribution in [0.25, 0.3) is 0 Å². The fraction of sp³-hybridized carbons (Fsp3) is 0.222. The Labute approximate surface area is 222 Å². The first-order valence-corrected chi connectivity index (χ1v) is 12.7. The topological polar surface area (TPSA) is 9.23 Å². The second-order valence-electron chi connectivity index (χ2n) is 11.3. The predicted molar refractivity (Wildman–Crippen MR) is 155 cm³/mol. The highest BCUT2D eigenvalue weighted by Crippen LogP contribution is 2.24. The van der Waals surface area contributed by atoms with Gasteiger partial charge in [0.05, 0.1) is 0 Å². The Bertz CT molecular complexity index is 1330. The van der Waals surface area contributed by atoms with Gasteiger partial charge in [0.2, 0.25) is 0 Å². The van der Waals surface area contributed by atoms with Crippen LogP contribution in [0.3, 0.4) is 0 Å². The molecule has 4 aromatic rings. The van der Waals surface area contributed by atoms with Crippen molar-refractivity contribution in [3.8, 4) is 35.2 Å². The highest BCUT2D eigenvalue weighted by Gasteiger charge is 2.13. The lowest BCUT2D eigenvalue weighted by molar-refractivity contribution is 0.482. The first kappa shape index (κ1) is 25.9. The summed E-state index contributed by atoms with van der Waals surface area (Å²) in [5.41, 5.74) is 6.85. The molecule has 0 aliphatic rings. The van der Waals surface area contributed by atoms with Gasteiger partial charge in [0.25, 0.3) is 0 Å². The standard InChI is InChI=1S/C36H34O/c1-35(2,3)31-19-11-27(12-20-31)7-9-29-15-23-33(24-16-29)37-34-25-17-30(18-26-34)10-8-28-13-21-32(22-14-28)36(4,5)6/h11-26H,1-6H3. The Balaban J connectivity index is 1.35. The predicted octanol–water partition coefficient (Wildman–Crippen LogP) is 8.87. The van der Waals surface area contributed by atoms with Gasteiger partial charge in [-0.1, -0.05) is 89.5 Å². The molecule has 0 spiro atoms. The van der Waals surface area contributed by atoms with Crippen LogP contribution in [0.5, 0.6) is 11.5 Å². The zero-order valence-corrected chi connectivity index (χ0v) is 22.6. The third kappa shape index (κ3) is 7.39. The fourth-order valence-electron chi connectivity index (χ4n) is 3.74. The van der Waals surface area contributed by atoms with E-state index in [-0.39, 0.29) is 10.8 Å². The second kappa shape index (κ2) is 10.8. The van der Waals surface area contributed by atoms with Crippen LogP contribution in [0.2, 0.25) is 0 Å². The van der Waals surface area contributed by atoms with Crippen molar-refractivity contribution in [1.29, 1.82) is 0 Å². The van der Waals surface area contributed by atoms with Crippen LogP contribution in [-0.4, -0.2) is 0 Å². The third-order valence-electron chi connectivity index (χ3n) is 6.15. The first-order chi connectivity index (χ1) is 17.6. The molecular weight excluding hydrogens is 448 g/mol. The van der Waals surface area contributed by atoms with Gasteiger partial charge in [-0.25, -0.2) is 0 Å². The summed E-state index contributed by atoms with van der Waals surface area (Å²) >= 11 is 0. The van der Waals surface area contributed by atoms with Crippen molar-refractivity contribution in [3.05, 3.63) is 130 Å². The van der Waals surface area contributed by atoms with Crippen LogP contribution in [0.15, 0.2) is 97.1 Å². The van der Waals surface area contributed by atoms with Gasteiger partial charge in [0, 0.05) is 22.3 Å². The Morgan fingerprint density at radius 2 is 0.622 bits per heavy atom. The molecule has 4 rings (SSSR count). The number of ether oxygens (including phenoxy) is 1. The third-order valence-corrected chi connectivity index (χ3v) is 6.15. The molecule has 0 aromatic heterocycles. The zero-order valence-electron chi connectivity index (χ0n) is 22.6. The Hall–Kier alpha value is -4.20. The maximum atomic E-state index is 6.01. The SMILES string of the molecule is CC(C)(C)c1ccc(C#Cc2ccc(Oc3ccc(C#Cc4ccc(C(C)(C)C)cc4)cc3)cc2)cc1. The molecule has 0 saturated carbocycles. The summed E-state index contributed by atoms with van der Waals surface area (Å²) in [7, 11) is 0. The van der Waals surface area contributed by atoms with Gasteiger partial charge in [-0.05, 0) is 94.8 Å². The summed E-state index contributed by atoms with van der Waals surface area (Å²) in [6.45, 7) is 13.3. The molecule has 4 aromatic carbocycles. The van der Waals surface area contributed by atoms with E-state index >= 15 is 0 Å². The van der Waals surface area contributed by atoms with Gasteiger partial charge in [-0.15, -0.1) is 0 Å². The molecule has 0 radical (unpaired) electrons. The number of rotatable bonds is 2. The van der Waals surface area contributed by atoms with Gasteiger partial charge in [0.1, 0.15) is 11.5 Å². The summed E-state index contributed by atoms with van der Waals surface area (Å²) < 4.78 is 6.01. The maximum absolute atomic E-state index is 6.01. The minimum atomic E-state index is 0.147. The lowest BCUT2D eigenvalue weighted by Gasteiger charge is -2.18. The van der Waals surface area contributed by atoms with Crippen LogP contribution < -0.4 is 4.74 Å². The average Bonchev–Trinajstić information content (AvgIpc) is 2.87. The Morgan fingerprint density at radius 1 is 0.378 bits per heavy atom. The van der Waals surface area contributed by atoms with Crippen molar-refractivity contribution in [2.24, 2.45) is 0 Å². The van der Waals surface area contributed by atoms with Crippen molar-refractivity contribution in [1.82, 2.24) is 0 Å². The van der Waals surface area contributed by atoms with E-state index in [9.17, 15) is 0 Å². The quantitative estimate of drug-likeness (QED) is 0.259. The molecule has 37 heavy (non-hydrogen) atoms. The Kier molecular flexibility index (Phi) is 7.57. The summed E-state index contributed by atoms with van der Waals surface area (Å²) in [6.07, 6.45) is 0. The molecule has 0 atom stereocenters. The minimum Gasteiger partial charge on any atom is -0.457 e. The van der Waals surface area contributed by atoms with Gasteiger partial charge in [-0.3, -0.25) is 0 Å². The van der Waals surface area contributed by atoms with Crippen molar-refractivity contribution in [2.45, 2.75) is 52.4 Å². The lowest BCUT2D eigenvalue weighted by Crippen LogP contribution is -2.10. The molecule has 0 fully saturated rings. The van der Waals surface area contributed by atoms with E-state index < -0.39 is 0 Å². The molecule has 1 heteroatoms. The van der Waals surface area contributed by atoms with E-state index in [1.54, 1.807) is 0 Å². The van der Waals surface area contributed by atoms with Gasteiger partial charge >= 0.3 is 0 Å². The van der Waals surface area contributed by atoms with E-state index in [0.29, 0.717) is 0 Å². The highest BCUT2D eigenvalue weighted by molar-refractivity contribution is 5.48. The van der Waals surface area contributed by atoms with E-state index in [2.05, 4.69) is 114 Å². The van der Waals surface area contributed by atoms with Gasteiger partial charge in [0.15, 0.2) is 0 Å². The van der Waals surface area contributed by atoms with E-state index in [1.165, 1.54) is 11.1 Å². The normalized spacial score (nSPS) is 11.1. The molecule has 0 unspecified atom stereocenters. The number of hydrogen-bond donors (Lipinski definition) is 0. The minimum absolute atomic E-state index is 0.147. The van der Waals surface area contributed by atoms with Crippen LogP contribution in [0.4, 0.5) is 0 Å². The second-order valence-corrected chi connectivity index (χ2v) is 11.3. The fourth-order valence-corrected chi connectivity index (χ4v) is 3.74. The molecule has 0 aliphatic carbocycles. The van der Waals surface area contributed by atoms with Crippen LogP contribution in [-0.2, 0) is 10.8 Å². The molecule has 0 bridgehead atoms. The highest BCUT2D eigenvalue weighted by atomic mass is 16.5. The van der Waals surface area contributed by atoms with E-state index in [0.717, 1.165) is 33.8 Å². The summed E-state index contributed by atoms with van der Waals surface area (Å²) in [5.74, 6) is 14.5. The smallest absolute Gasteiger partial charge is 0.127 e. The molecule has 0 aliphatic heterocycles. The Morgan fingerprint density at radius 3 is 0.865 bits per heavy atom. The summed E-state index contributed by atoms with van der Waals surface area (Å²) in [5, 5.41) is 0. The largest absolute Gasteiger partial charge is 0.457 e.